The van der Waals surface area contributed by atoms with Crippen LogP contribution in [-0.2, 0) is 4.74 Å². The monoisotopic (exact) mass is 282 g/mol. The fraction of sp³-hybridized carbons (Fsp3) is 1.00. The summed E-state index contributed by atoms with van der Waals surface area (Å²) in [4.78, 5) is 2.83. The van der Waals surface area contributed by atoms with Crippen molar-refractivity contribution in [1.29, 1.82) is 0 Å². The zero-order chi connectivity index (χ0) is 14.4. The van der Waals surface area contributed by atoms with Gasteiger partial charge in [-0.05, 0) is 57.7 Å². The second-order valence-corrected chi connectivity index (χ2v) is 6.80. The summed E-state index contributed by atoms with van der Waals surface area (Å²) in [5.41, 5.74) is 0.430. The molecule has 0 aromatic rings. The molecule has 0 radical (unpaired) electrons. The van der Waals surface area contributed by atoms with Crippen LogP contribution in [0.5, 0.6) is 0 Å². The molecule has 1 saturated carbocycles. The lowest BCUT2D eigenvalue weighted by molar-refractivity contribution is 0.0458. The number of nitrogens with zero attached hydrogens (tertiary/aromatic N) is 1. The van der Waals surface area contributed by atoms with Crippen molar-refractivity contribution in [3.8, 4) is 0 Å². The normalized spacial score (nSPS) is 25.9. The van der Waals surface area contributed by atoms with E-state index in [9.17, 15) is 0 Å². The third-order valence-electron chi connectivity index (χ3n) is 5.55. The second kappa shape index (κ2) is 7.77. The highest BCUT2D eigenvalue weighted by Crippen LogP contribution is 2.42. The molecule has 20 heavy (non-hydrogen) atoms. The maximum absolute atomic E-state index is 5.32. The summed E-state index contributed by atoms with van der Waals surface area (Å²) in [6, 6.07) is 0.628. The molecule has 1 heterocycles. The molecule has 3 heteroatoms. The van der Waals surface area contributed by atoms with E-state index >= 15 is 0 Å². The molecule has 2 aliphatic rings. The molecular weight excluding hydrogens is 248 g/mol. The van der Waals surface area contributed by atoms with Crippen molar-refractivity contribution in [2.24, 2.45) is 5.92 Å². The van der Waals surface area contributed by atoms with Gasteiger partial charge in [0.25, 0.3) is 0 Å². The number of hydrogen-bond donors (Lipinski definition) is 1. The van der Waals surface area contributed by atoms with Gasteiger partial charge in [0.05, 0.1) is 0 Å². The van der Waals surface area contributed by atoms with Crippen LogP contribution >= 0.6 is 0 Å². The minimum Gasteiger partial charge on any atom is -0.385 e. The highest BCUT2D eigenvalue weighted by molar-refractivity contribution is 5.06. The lowest BCUT2D eigenvalue weighted by Gasteiger charge is -2.48. The number of rotatable bonds is 8. The summed E-state index contributed by atoms with van der Waals surface area (Å²) in [5, 5.41) is 3.85. The first kappa shape index (κ1) is 16.3. The van der Waals surface area contributed by atoms with Gasteiger partial charge in [-0.15, -0.1) is 0 Å². The molecule has 1 aliphatic carbocycles. The minimum absolute atomic E-state index is 0.430. The van der Waals surface area contributed by atoms with E-state index in [0.29, 0.717) is 17.5 Å². The molecule has 1 N–H and O–H groups in total. The highest BCUT2D eigenvalue weighted by Gasteiger charge is 2.47. The number of nitrogens with one attached hydrogen (secondary N) is 1. The van der Waals surface area contributed by atoms with Crippen molar-refractivity contribution in [1.82, 2.24) is 10.2 Å². The van der Waals surface area contributed by atoms with Crippen LogP contribution in [-0.4, -0.2) is 49.8 Å². The zero-order valence-corrected chi connectivity index (χ0v) is 13.8. The molecule has 0 amide bonds. The smallest absolute Gasteiger partial charge is 0.0465 e. The van der Waals surface area contributed by atoms with Crippen LogP contribution in [0.2, 0.25) is 0 Å². The van der Waals surface area contributed by atoms with Gasteiger partial charge in [-0.3, -0.25) is 4.90 Å². The highest BCUT2D eigenvalue weighted by atomic mass is 16.5. The van der Waals surface area contributed by atoms with E-state index in [1.54, 1.807) is 0 Å². The van der Waals surface area contributed by atoms with E-state index in [4.69, 9.17) is 4.74 Å². The first-order valence-corrected chi connectivity index (χ1v) is 8.72. The van der Waals surface area contributed by atoms with Gasteiger partial charge in [0.2, 0.25) is 0 Å². The molecule has 0 spiro atoms. The molecule has 1 aliphatic heterocycles. The van der Waals surface area contributed by atoms with E-state index < -0.39 is 0 Å². The summed E-state index contributed by atoms with van der Waals surface area (Å²) in [7, 11) is 1.82. The second-order valence-electron chi connectivity index (χ2n) is 6.80. The SMILES string of the molecule is CCNC(C(C)CCOC)C1(N2CCCC2)CCCC1. The molecule has 1 saturated heterocycles. The summed E-state index contributed by atoms with van der Waals surface area (Å²) < 4.78 is 5.32. The standard InChI is InChI=1S/C17H34N2O/c1-4-18-16(15(2)9-14-20-3)17(10-5-6-11-17)19-12-7-8-13-19/h15-16,18H,4-14H2,1-3H3. The van der Waals surface area contributed by atoms with Crippen LogP contribution in [0.25, 0.3) is 0 Å². The first-order valence-electron chi connectivity index (χ1n) is 8.72. The predicted molar refractivity (Wildman–Crippen MR) is 85.1 cm³/mol. The van der Waals surface area contributed by atoms with Gasteiger partial charge in [-0.1, -0.05) is 26.7 Å². The van der Waals surface area contributed by atoms with Gasteiger partial charge in [-0.25, -0.2) is 0 Å². The third-order valence-corrected chi connectivity index (χ3v) is 5.55. The van der Waals surface area contributed by atoms with Gasteiger partial charge in [-0.2, -0.15) is 0 Å². The van der Waals surface area contributed by atoms with Gasteiger partial charge >= 0.3 is 0 Å². The van der Waals surface area contributed by atoms with Crippen LogP contribution in [0.3, 0.4) is 0 Å². The molecular formula is C17H34N2O. The van der Waals surface area contributed by atoms with Gasteiger partial charge in [0.15, 0.2) is 0 Å². The Kier molecular flexibility index (Phi) is 6.31. The summed E-state index contributed by atoms with van der Waals surface area (Å²) in [6.45, 7) is 9.28. The quantitative estimate of drug-likeness (QED) is 0.740. The average Bonchev–Trinajstić information content (AvgIpc) is 3.12. The molecule has 2 fully saturated rings. The average molecular weight is 282 g/mol. The number of ether oxygens (including phenoxy) is 1. The molecule has 2 rings (SSSR count). The summed E-state index contributed by atoms with van der Waals surface area (Å²) in [6.07, 6.45) is 9.57. The maximum Gasteiger partial charge on any atom is 0.0465 e. The molecule has 2 unspecified atom stereocenters. The van der Waals surface area contributed by atoms with Crippen molar-refractivity contribution in [3.05, 3.63) is 0 Å². The fourth-order valence-electron chi connectivity index (χ4n) is 4.58. The van der Waals surface area contributed by atoms with Gasteiger partial charge in [0.1, 0.15) is 0 Å². The number of methoxy groups -OCH3 is 1. The Hall–Kier alpha value is -0.120. The molecule has 0 aromatic heterocycles. The van der Waals surface area contributed by atoms with Crippen LogP contribution < -0.4 is 5.32 Å². The van der Waals surface area contributed by atoms with Crippen molar-refractivity contribution in [2.75, 3.05) is 33.4 Å². The van der Waals surface area contributed by atoms with Gasteiger partial charge < -0.3 is 10.1 Å². The largest absolute Gasteiger partial charge is 0.385 e. The Morgan fingerprint density at radius 2 is 1.80 bits per heavy atom. The third kappa shape index (κ3) is 3.37. The Bertz CT molecular complexity index is 270. The van der Waals surface area contributed by atoms with Crippen molar-refractivity contribution in [2.45, 2.75) is 70.4 Å². The van der Waals surface area contributed by atoms with E-state index in [1.165, 1.54) is 58.0 Å². The Morgan fingerprint density at radius 3 is 2.35 bits per heavy atom. The molecule has 3 nitrogen and oxygen atoms in total. The summed E-state index contributed by atoms with van der Waals surface area (Å²) in [5.74, 6) is 0.689. The maximum atomic E-state index is 5.32. The van der Waals surface area contributed by atoms with Crippen molar-refractivity contribution < 1.29 is 4.74 Å². The van der Waals surface area contributed by atoms with Crippen molar-refractivity contribution in [3.63, 3.8) is 0 Å². The first-order chi connectivity index (χ1) is 9.74. The van der Waals surface area contributed by atoms with Crippen LogP contribution in [0, 0.1) is 5.92 Å². The Morgan fingerprint density at radius 1 is 1.15 bits per heavy atom. The van der Waals surface area contributed by atoms with Gasteiger partial charge in [0, 0.05) is 25.3 Å². The lowest BCUT2D eigenvalue weighted by Crippen LogP contribution is -2.61. The molecule has 0 bridgehead atoms. The molecule has 2 atom stereocenters. The van der Waals surface area contributed by atoms with E-state index in [-0.39, 0.29) is 0 Å². The zero-order valence-electron chi connectivity index (χ0n) is 13.8. The molecule has 118 valence electrons. The summed E-state index contributed by atoms with van der Waals surface area (Å²) >= 11 is 0. The minimum atomic E-state index is 0.430. The Balaban J connectivity index is 2.13. The topological polar surface area (TPSA) is 24.5 Å². The molecule has 0 aromatic carbocycles. The number of likely N-dealkylation sites (N-methyl/N-ethyl adjacent to an activating group) is 1. The predicted octanol–water partition coefficient (Wildman–Crippen LogP) is 3.05. The van der Waals surface area contributed by atoms with E-state index in [2.05, 4.69) is 24.1 Å². The van der Waals surface area contributed by atoms with E-state index in [0.717, 1.165) is 13.2 Å². The van der Waals surface area contributed by atoms with E-state index in [1.807, 2.05) is 7.11 Å². The van der Waals surface area contributed by atoms with Crippen LogP contribution in [0.1, 0.15) is 58.8 Å². The fourth-order valence-corrected chi connectivity index (χ4v) is 4.58. The Labute approximate surface area is 125 Å². The van der Waals surface area contributed by atoms with Crippen molar-refractivity contribution >= 4 is 0 Å². The number of hydrogen-bond acceptors (Lipinski definition) is 3. The number of likely N-dealkylation sites (tertiary alicyclic amines) is 1. The lowest BCUT2D eigenvalue weighted by atomic mass is 9.78. The van der Waals surface area contributed by atoms with Crippen LogP contribution in [0.4, 0.5) is 0 Å². The van der Waals surface area contributed by atoms with Crippen LogP contribution in [0.15, 0.2) is 0 Å².